The number of hydrogen-bond donors (Lipinski definition) is 2. The summed E-state index contributed by atoms with van der Waals surface area (Å²) in [5.74, 6) is 0.0349. The van der Waals surface area contributed by atoms with Crippen molar-refractivity contribution in [2.24, 2.45) is 0 Å². The summed E-state index contributed by atoms with van der Waals surface area (Å²) in [6.45, 7) is 0. The molecular formula is C12H8BrCl2NO3S. The van der Waals surface area contributed by atoms with Gasteiger partial charge in [-0.25, -0.2) is 8.42 Å². The molecule has 0 fully saturated rings. The lowest BCUT2D eigenvalue weighted by Gasteiger charge is -2.11. The monoisotopic (exact) mass is 395 g/mol. The fourth-order valence-electron chi connectivity index (χ4n) is 1.52. The fraction of sp³-hybridized carbons (Fsp3) is 0. The molecule has 0 aromatic heterocycles. The lowest BCUT2D eigenvalue weighted by molar-refractivity contribution is 0.475. The first-order valence-corrected chi connectivity index (χ1v) is 8.29. The van der Waals surface area contributed by atoms with E-state index in [0.29, 0.717) is 4.47 Å². The van der Waals surface area contributed by atoms with Gasteiger partial charge in [0.05, 0.1) is 10.0 Å². The molecule has 4 nitrogen and oxygen atoms in total. The van der Waals surface area contributed by atoms with Crippen LogP contribution in [0.2, 0.25) is 10.0 Å². The molecule has 0 aliphatic rings. The van der Waals surface area contributed by atoms with Gasteiger partial charge in [-0.3, -0.25) is 4.72 Å². The zero-order chi connectivity index (χ0) is 14.9. The predicted molar refractivity (Wildman–Crippen MR) is 83.1 cm³/mol. The molecule has 0 saturated carbocycles. The summed E-state index contributed by atoms with van der Waals surface area (Å²) in [5, 5.41) is 9.19. The van der Waals surface area contributed by atoms with Gasteiger partial charge in [-0.05, 0) is 36.4 Å². The summed E-state index contributed by atoms with van der Waals surface area (Å²) in [4.78, 5) is -0.197. The fourth-order valence-corrected chi connectivity index (χ4v) is 4.52. The number of anilines is 1. The van der Waals surface area contributed by atoms with Crippen LogP contribution in [0.5, 0.6) is 5.75 Å². The Kier molecular flexibility index (Phi) is 4.49. The van der Waals surface area contributed by atoms with Crippen molar-refractivity contribution in [2.75, 3.05) is 4.72 Å². The molecule has 2 aromatic carbocycles. The first-order chi connectivity index (χ1) is 9.29. The number of phenolic OH excluding ortho intramolecular Hbond substituents is 1. The van der Waals surface area contributed by atoms with E-state index in [2.05, 4.69) is 20.7 Å². The summed E-state index contributed by atoms with van der Waals surface area (Å²) in [6.07, 6.45) is 0. The zero-order valence-electron chi connectivity index (χ0n) is 9.77. The molecular weight excluding hydrogens is 389 g/mol. The Morgan fingerprint density at radius 2 is 1.55 bits per heavy atom. The molecule has 0 radical (unpaired) electrons. The van der Waals surface area contributed by atoms with Gasteiger partial charge >= 0.3 is 0 Å². The van der Waals surface area contributed by atoms with E-state index in [4.69, 9.17) is 28.3 Å². The van der Waals surface area contributed by atoms with E-state index in [9.17, 15) is 8.42 Å². The van der Waals surface area contributed by atoms with E-state index in [0.717, 1.165) is 0 Å². The predicted octanol–water partition coefficient (Wildman–Crippen LogP) is 4.26. The van der Waals surface area contributed by atoms with Crippen LogP contribution in [0.15, 0.2) is 45.8 Å². The number of sulfonamides is 1. The van der Waals surface area contributed by atoms with Crippen LogP contribution in [0.1, 0.15) is 0 Å². The van der Waals surface area contributed by atoms with E-state index in [1.165, 1.54) is 36.4 Å². The zero-order valence-corrected chi connectivity index (χ0v) is 13.7. The molecule has 0 unspecified atom stereocenters. The van der Waals surface area contributed by atoms with Crippen molar-refractivity contribution in [3.63, 3.8) is 0 Å². The van der Waals surface area contributed by atoms with Crippen LogP contribution in [0.3, 0.4) is 0 Å². The lowest BCUT2D eigenvalue weighted by Crippen LogP contribution is -2.14. The molecule has 0 atom stereocenters. The van der Waals surface area contributed by atoms with Gasteiger partial charge in [-0.1, -0.05) is 39.1 Å². The molecule has 2 N–H and O–H groups in total. The number of nitrogens with one attached hydrogen (secondary N) is 1. The third-order valence-electron chi connectivity index (χ3n) is 2.35. The highest BCUT2D eigenvalue weighted by atomic mass is 79.9. The third-order valence-corrected chi connectivity index (χ3v) is 5.11. The Labute approximate surface area is 134 Å². The van der Waals surface area contributed by atoms with E-state index in [1.807, 2.05) is 0 Å². The van der Waals surface area contributed by atoms with Gasteiger partial charge in [0.15, 0.2) is 0 Å². The number of rotatable bonds is 3. The summed E-state index contributed by atoms with van der Waals surface area (Å²) in [6, 6.07) is 8.46. The smallest absolute Gasteiger partial charge is 0.264 e. The van der Waals surface area contributed by atoms with Crippen molar-refractivity contribution in [3.8, 4) is 5.75 Å². The minimum atomic E-state index is -3.92. The molecule has 0 saturated heterocycles. The van der Waals surface area contributed by atoms with Crippen molar-refractivity contribution in [1.29, 1.82) is 0 Å². The molecule has 0 aliphatic heterocycles. The van der Waals surface area contributed by atoms with Gasteiger partial charge in [0.1, 0.15) is 10.6 Å². The van der Waals surface area contributed by atoms with E-state index in [-0.39, 0.29) is 26.4 Å². The minimum absolute atomic E-state index is 0.00986. The van der Waals surface area contributed by atoms with Crippen LogP contribution < -0.4 is 4.72 Å². The molecule has 0 amide bonds. The number of hydrogen-bond acceptors (Lipinski definition) is 3. The van der Waals surface area contributed by atoms with Crippen LogP contribution in [0, 0.1) is 0 Å². The summed E-state index contributed by atoms with van der Waals surface area (Å²) < 4.78 is 27.5. The second-order valence-corrected chi connectivity index (χ2v) is 7.20. The van der Waals surface area contributed by atoms with Crippen molar-refractivity contribution < 1.29 is 13.5 Å². The average Bonchev–Trinajstić information content (AvgIpc) is 2.30. The second kappa shape index (κ2) is 5.81. The first-order valence-electron chi connectivity index (χ1n) is 5.26. The van der Waals surface area contributed by atoms with Crippen LogP contribution in [0.25, 0.3) is 0 Å². The van der Waals surface area contributed by atoms with E-state index >= 15 is 0 Å². The van der Waals surface area contributed by atoms with Crippen molar-refractivity contribution in [2.45, 2.75) is 4.90 Å². The number of benzene rings is 2. The summed E-state index contributed by atoms with van der Waals surface area (Å²) in [7, 11) is -3.92. The molecule has 8 heteroatoms. The van der Waals surface area contributed by atoms with E-state index < -0.39 is 10.0 Å². The van der Waals surface area contributed by atoms with Gasteiger partial charge in [0.2, 0.25) is 0 Å². The normalized spacial score (nSPS) is 11.3. The Morgan fingerprint density at radius 3 is 2.05 bits per heavy atom. The van der Waals surface area contributed by atoms with Gasteiger partial charge in [-0.2, -0.15) is 0 Å². The van der Waals surface area contributed by atoms with Gasteiger partial charge in [-0.15, -0.1) is 0 Å². The Bertz CT molecular complexity index is 725. The highest BCUT2D eigenvalue weighted by molar-refractivity contribution is 9.10. The van der Waals surface area contributed by atoms with E-state index in [1.54, 1.807) is 0 Å². The second-order valence-electron chi connectivity index (χ2n) is 3.85. The Balaban J connectivity index is 2.43. The van der Waals surface area contributed by atoms with Crippen LogP contribution >= 0.6 is 39.1 Å². The standard InChI is InChI=1S/C12H8BrCl2NO3S/c13-7-5-10(14)12(11(15)6-7)20(18,19)16-8-1-3-9(17)4-2-8/h1-6,16-17H. The topological polar surface area (TPSA) is 66.4 Å². The van der Waals surface area contributed by atoms with Crippen LogP contribution in [0.4, 0.5) is 5.69 Å². The molecule has 0 heterocycles. The molecule has 0 aliphatic carbocycles. The highest BCUT2D eigenvalue weighted by Crippen LogP contribution is 2.34. The maximum absolute atomic E-state index is 12.3. The number of halogens is 3. The van der Waals surface area contributed by atoms with Crippen LogP contribution in [-0.2, 0) is 10.0 Å². The molecule has 106 valence electrons. The van der Waals surface area contributed by atoms with Crippen molar-refractivity contribution in [3.05, 3.63) is 50.9 Å². The first kappa shape index (κ1) is 15.4. The summed E-state index contributed by atoms with van der Waals surface area (Å²) in [5.41, 5.74) is 0.290. The maximum Gasteiger partial charge on any atom is 0.264 e. The summed E-state index contributed by atoms with van der Waals surface area (Å²) >= 11 is 15.1. The third kappa shape index (κ3) is 3.38. The molecule has 0 spiro atoms. The molecule has 2 aromatic rings. The Morgan fingerprint density at radius 1 is 1.05 bits per heavy atom. The van der Waals surface area contributed by atoms with Gasteiger partial charge in [0.25, 0.3) is 10.0 Å². The molecule has 2 rings (SSSR count). The molecule has 20 heavy (non-hydrogen) atoms. The highest BCUT2D eigenvalue weighted by Gasteiger charge is 2.22. The number of phenols is 1. The van der Waals surface area contributed by atoms with Crippen molar-refractivity contribution >= 4 is 54.8 Å². The van der Waals surface area contributed by atoms with Crippen molar-refractivity contribution in [1.82, 2.24) is 0 Å². The van der Waals surface area contributed by atoms with Crippen LogP contribution in [-0.4, -0.2) is 13.5 Å². The lowest BCUT2D eigenvalue weighted by atomic mass is 10.3. The van der Waals surface area contributed by atoms with Gasteiger partial charge in [0, 0.05) is 10.2 Å². The Hall–Kier alpha value is -0.950. The molecule has 0 bridgehead atoms. The largest absolute Gasteiger partial charge is 0.508 e. The quantitative estimate of drug-likeness (QED) is 0.761. The van der Waals surface area contributed by atoms with Gasteiger partial charge < -0.3 is 5.11 Å². The minimum Gasteiger partial charge on any atom is -0.508 e. The average molecular weight is 397 g/mol. The SMILES string of the molecule is O=S(=O)(Nc1ccc(O)cc1)c1c(Cl)cc(Br)cc1Cl. The number of aromatic hydroxyl groups is 1. The maximum atomic E-state index is 12.3.